The van der Waals surface area contributed by atoms with Gasteiger partial charge in [-0.2, -0.15) is 0 Å². The average Bonchev–Trinajstić information content (AvgIpc) is 2.57. The lowest BCUT2D eigenvalue weighted by Gasteiger charge is -2.18. The van der Waals surface area contributed by atoms with Crippen LogP contribution in [0.25, 0.3) is 0 Å². The Labute approximate surface area is 151 Å². The van der Waals surface area contributed by atoms with Crippen LogP contribution in [0.15, 0.2) is 48.5 Å². The summed E-state index contributed by atoms with van der Waals surface area (Å²) in [5.74, 6) is -2.89. The maximum Gasteiger partial charge on any atom is 0.313 e. The van der Waals surface area contributed by atoms with Crippen molar-refractivity contribution in [2.45, 2.75) is 13.0 Å². The van der Waals surface area contributed by atoms with E-state index in [-0.39, 0.29) is 11.4 Å². The van der Waals surface area contributed by atoms with Crippen molar-refractivity contribution in [3.8, 4) is 0 Å². The third-order valence-corrected chi connectivity index (χ3v) is 4.55. The van der Waals surface area contributed by atoms with E-state index in [2.05, 4.69) is 10.6 Å². The van der Waals surface area contributed by atoms with Gasteiger partial charge in [-0.15, -0.1) is 0 Å². The van der Waals surface area contributed by atoms with Gasteiger partial charge in [-0.1, -0.05) is 36.4 Å². The zero-order valence-corrected chi connectivity index (χ0v) is 15.1. The first-order valence-corrected chi connectivity index (χ1v) is 9.82. The van der Waals surface area contributed by atoms with E-state index >= 15 is 0 Å². The number of amides is 2. The molecule has 0 aliphatic heterocycles. The first-order valence-electron chi connectivity index (χ1n) is 7.76. The van der Waals surface area contributed by atoms with E-state index in [9.17, 15) is 22.4 Å². The van der Waals surface area contributed by atoms with Crippen LogP contribution in [0.5, 0.6) is 0 Å². The number of carbonyl (C=O) groups excluding carboxylic acids is 2. The molecule has 0 saturated carbocycles. The van der Waals surface area contributed by atoms with Crippen LogP contribution in [0, 0.1) is 12.7 Å². The van der Waals surface area contributed by atoms with Crippen molar-refractivity contribution in [1.29, 1.82) is 0 Å². The van der Waals surface area contributed by atoms with Crippen molar-refractivity contribution in [1.82, 2.24) is 5.32 Å². The molecule has 0 heterocycles. The highest BCUT2D eigenvalue weighted by Gasteiger charge is 2.23. The first-order chi connectivity index (χ1) is 12.2. The van der Waals surface area contributed by atoms with Crippen LogP contribution < -0.4 is 10.6 Å². The van der Waals surface area contributed by atoms with E-state index in [1.54, 1.807) is 37.3 Å². The lowest BCUT2D eigenvalue weighted by Crippen LogP contribution is -2.40. The van der Waals surface area contributed by atoms with Crippen molar-refractivity contribution < 1.29 is 22.4 Å². The third-order valence-electron chi connectivity index (χ3n) is 3.61. The highest BCUT2D eigenvalue weighted by atomic mass is 32.2. The van der Waals surface area contributed by atoms with E-state index in [1.807, 2.05) is 0 Å². The summed E-state index contributed by atoms with van der Waals surface area (Å²) in [7, 11) is -3.41. The van der Waals surface area contributed by atoms with E-state index in [0.717, 1.165) is 12.3 Å². The molecule has 0 bridgehead atoms. The minimum atomic E-state index is -3.41. The highest BCUT2D eigenvalue weighted by molar-refractivity contribution is 7.90. The molecule has 6 nitrogen and oxygen atoms in total. The Morgan fingerprint density at radius 1 is 1.08 bits per heavy atom. The molecular formula is C18H19FN2O4S. The van der Waals surface area contributed by atoms with E-state index in [4.69, 9.17) is 0 Å². The van der Waals surface area contributed by atoms with Crippen molar-refractivity contribution in [2.75, 3.05) is 17.3 Å². The van der Waals surface area contributed by atoms with Gasteiger partial charge < -0.3 is 10.6 Å². The summed E-state index contributed by atoms with van der Waals surface area (Å²) in [5, 5.41) is 4.70. The number of carbonyl (C=O) groups is 2. The number of aryl methyl sites for hydroxylation is 1. The number of hydrogen-bond acceptors (Lipinski definition) is 4. The Kier molecular flexibility index (Phi) is 6.10. The van der Waals surface area contributed by atoms with Gasteiger partial charge in [0, 0.05) is 11.9 Å². The van der Waals surface area contributed by atoms with Crippen LogP contribution in [0.3, 0.4) is 0 Å². The number of benzene rings is 2. The van der Waals surface area contributed by atoms with Gasteiger partial charge in [0.05, 0.1) is 11.8 Å². The SMILES string of the molecule is Cc1ccc(NC(=O)C(=O)N[C@@H](CS(C)(=O)=O)c2ccccc2)cc1F. The zero-order valence-electron chi connectivity index (χ0n) is 14.3. The van der Waals surface area contributed by atoms with Gasteiger partial charge >= 0.3 is 11.8 Å². The van der Waals surface area contributed by atoms with Gasteiger partial charge in [0.15, 0.2) is 0 Å². The van der Waals surface area contributed by atoms with E-state index < -0.39 is 33.5 Å². The molecule has 0 aromatic heterocycles. The maximum atomic E-state index is 13.5. The average molecular weight is 378 g/mol. The molecule has 0 radical (unpaired) electrons. The van der Waals surface area contributed by atoms with Crippen LogP contribution in [-0.2, 0) is 19.4 Å². The van der Waals surface area contributed by atoms with Crippen LogP contribution in [0.2, 0.25) is 0 Å². The van der Waals surface area contributed by atoms with Gasteiger partial charge in [0.2, 0.25) is 0 Å². The van der Waals surface area contributed by atoms with Crippen molar-refractivity contribution >= 4 is 27.3 Å². The Balaban J connectivity index is 2.12. The standard InChI is InChI=1S/C18H19FN2O4S/c1-12-8-9-14(10-15(12)19)20-17(22)18(23)21-16(11-26(2,24)25)13-6-4-3-5-7-13/h3-10,16H,11H2,1-2H3,(H,20,22)(H,21,23)/t16-/m0/s1. The topological polar surface area (TPSA) is 92.3 Å². The molecule has 0 spiro atoms. The van der Waals surface area contributed by atoms with Crippen LogP contribution in [-0.4, -0.2) is 32.2 Å². The molecule has 2 rings (SSSR count). The van der Waals surface area contributed by atoms with Crippen LogP contribution >= 0.6 is 0 Å². The summed E-state index contributed by atoms with van der Waals surface area (Å²) in [6, 6.07) is 11.6. The third kappa shape index (κ3) is 5.66. The molecule has 2 amide bonds. The molecule has 0 saturated heterocycles. The predicted octanol–water partition coefficient (Wildman–Crippen LogP) is 1.97. The van der Waals surface area contributed by atoms with E-state index in [1.165, 1.54) is 12.1 Å². The smallest absolute Gasteiger partial charge is 0.313 e. The fourth-order valence-electron chi connectivity index (χ4n) is 2.29. The van der Waals surface area contributed by atoms with Gasteiger partial charge in [-0.05, 0) is 30.2 Å². The lowest BCUT2D eigenvalue weighted by molar-refractivity contribution is -0.136. The molecule has 26 heavy (non-hydrogen) atoms. The number of rotatable bonds is 5. The summed E-state index contributed by atoms with van der Waals surface area (Å²) >= 11 is 0. The van der Waals surface area contributed by atoms with Gasteiger partial charge in [-0.25, -0.2) is 12.8 Å². The largest absolute Gasteiger partial charge is 0.340 e. The molecule has 0 aliphatic carbocycles. The van der Waals surface area contributed by atoms with Crippen molar-refractivity contribution in [3.63, 3.8) is 0 Å². The van der Waals surface area contributed by atoms with Gasteiger partial charge in [0.25, 0.3) is 0 Å². The number of halogens is 1. The zero-order chi connectivity index (χ0) is 19.3. The van der Waals surface area contributed by atoms with Crippen molar-refractivity contribution in [2.24, 2.45) is 0 Å². The quantitative estimate of drug-likeness (QED) is 0.778. The van der Waals surface area contributed by atoms with Crippen molar-refractivity contribution in [3.05, 3.63) is 65.5 Å². The summed E-state index contributed by atoms with van der Waals surface area (Å²) in [6.45, 7) is 1.57. The maximum absolute atomic E-state index is 13.5. The number of sulfone groups is 1. The number of hydrogen-bond donors (Lipinski definition) is 2. The second-order valence-electron chi connectivity index (χ2n) is 5.95. The molecule has 2 aromatic rings. The second-order valence-corrected chi connectivity index (χ2v) is 8.13. The Morgan fingerprint density at radius 3 is 2.31 bits per heavy atom. The summed E-state index contributed by atoms with van der Waals surface area (Å²) in [6.07, 6.45) is 1.05. The molecule has 8 heteroatoms. The Bertz CT molecular complexity index is 914. The molecular weight excluding hydrogens is 359 g/mol. The molecule has 2 aromatic carbocycles. The highest BCUT2D eigenvalue weighted by Crippen LogP contribution is 2.16. The minimum absolute atomic E-state index is 0.132. The number of anilines is 1. The van der Waals surface area contributed by atoms with Gasteiger partial charge in [-0.3, -0.25) is 9.59 Å². The Hall–Kier alpha value is -2.74. The molecule has 0 aliphatic rings. The normalized spacial score (nSPS) is 12.3. The molecule has 1 atom stereocenters. The van der Waals surface area contributed by atoms with Crippen LogP contribution in [0.1, 0.15) is 17.2 Å². The van der Waals surface area contributed by atoms with Gasteiger partial charge in [0.1, 0.15) is 15.7 Å². The monoisotopic (exact) mass is 378 g/mol. The second kappa shape index (κ2) is 8.09. The van der Waals surface area contributed by atoms with Crippen LogP contribution in [0.4, 0.5) is 10.1 Å². The molecule has 2 N–H and O–H groups in total. The van der Waals surface area contributed by atoms with E-state index in [0.29, 0.717) is 11.1 Å². The summed E-state index contributed by atoms with van der Waals surface area (Å²) < 4.78 is 36.8. The fraction of sp³-hybridized carbons (Fsp3) is 0.222. The first kappa shape index (κ1) is 19.6. The predicted molar refractivity (Wildman–Crippen MR) is 96.8 cm³/mol. The summed E-state index contributed by atoms with van der Waals surface area (Å²) in [4.78, 5) is 24.2. The fourth-order valence-corrected chi connectivity index (χ4v) is 3.17. The lowest BCUT2D eigenvalue weighted by atomic mass is 10.1. The molecule has 0 fully saturated rings. The minimum Gasteiger partial charge on any atom is -0.340 e. The molecule has 0 unspecified atom stereocenters. The summed E-state index contributed by atoms with van der Waals surface area (Å²) in [5.41, 5.74) is 1.10. The molecule has 138 valence electrons. The number of nitrogens with one attached hydrogen (secondary N) is 2. The Morgan fingerprint density at radius 2 is 1.73 bits per heavy atom.